The van der Waals surface area contributed by atoms with Crippen molar-refractivity contribution < 1.29 is 22.4 Å². The molecule has 2 aromatic rings. The van der Waals surface area contributed by atoms with Gasteiger partial charge in [-0.1, -0.05) is 6.07 Å². The third-order valence-electron chi connectivity index (χ3n) is 2.20. The molecule has 1 heterocycles. The molecule has 2 N–H and O–H groups in total. The number of benzene rings is 1. The summed E-state index contributed by atoms with van der Waals surface area (Å²) in [7, 11) is -2.63. The van der Waals surface area contributed by atoms with Crippen LogP contribution in [-0.4, -0.2) is 21.5 Å². The highest BCUT2D eigenvalue weighted by molar-refractivity contribution is 7.89. The van der Waals surface area contributed by atoms with Gasteiger partial charge in [0.15, 0.2) is 0 Å². The number of hydrogen-bond acceptors (Lipinski definition) is 5. The van der Waals surface area contributed by atoms with Crippen molar-refractivity contribution in [3.8, 4) is 0 Å². The van der Waals surface area contributed by atoms with Crippen LogP contribution in [0.4, 0.5) is 0 Å². The second-order valence-electron chi connectivity index (χ2n) is 3.35. The van der Waals surface area contributed by atoms with E-state index < -0.39 is 16.0 Å². The Morgan fingerprint density at radius 1 is 1.35 bits per heavy atom. The van der Waals surface area contributed by atoms with Gasteiger partial charge in [-0.25, -0.2) is 18.4 Å². The maximum absolute atomic E-state index is 11.3. The van der Waals surface area contributed by atoms with Crippen LogP contribution in [0.15, 0.2) is 33.8 Å². The summed E-state index contributed by atoms with van der Waals surface area (Å²) >= 11 is 0. The Morgan fingerprint density at radius 3 is 2.65 bits per heavy atom. The van der Waals surface area contributed by atoms with Crippen LogP contribution in [0.25, 0.3) is 11.0 Å². The molecule has 0 saturated heterocycles. The van der Waals surface area contributed by atoms with E-state index in [-0.39, 0.29) is 16.2 Å². The average Bonchev–Trinajstić information content (AvgIpc) is 2.70. The Kier molecular flexibility index (Phi) is 2.64. The zero-order valence-electron chi connectivity index (χ0n) is 8.84. The molecule has 0 aliphatic rings. The van der Waals surface area contributed by atoms with E-state index in [0.717, 1.165) is 0 Å². The fourth-order valence-electron chi connectivity index (χ4n) is 1.39. The highest BCUT2D eigenvalue weighted by Crippen LogP contribution is 2.23. The summed E-state index contributed by atoms with van der Waals surface area (Å²) in [5, 5.41) is 5.14. The summed E-state index contributed by atoms with van der Waals surface area (Å²) in [6, 6.07) is 5.76. The molecule has 0 saturated carbocycles. The van der Waals surface area contributed by atoms with Crippen molar-refractivity contribution in [2.24, 2.45) is 5.14 Å². The molecule has 0 atom stereocenters. The summed E-state index contributed by atoms with van der Waals surface area (Å²) in [6.45, 7) is 0. The number of esters is 1. The summed E-state index contributed by atoms with van der Waals surface area (Å²) in [5.74, 6) is -0.527. The molecule has 1 aromatic heterocycles. The Labute approximate surface area is 97.0 Å². The zero-order chi connectivity index (χ0) is 12.6. The number of hydrogen-bond donors (Lipinski definition) is 1. The zero-order valence-corrected chi connectivity index (χ0v) is 9.65. The molecule has 0 amide bonds. The van der Waals surface area contributed by atoms with Gasteiger partial charge >= 0.3 is 5.97 Å². The monoisotopic (exact) mass is 255 g/mol. The minimum Gasteiger partial charge on any atom is -0.465 e. The Hall–Kier alpha value is -1.86. The summed E-state index contributed by atoms with van der Waals surface area (Å²) < 4.78 is 31.7. The van der Waals surface area contributed by atoms with Crippen molar-refractivity contribution in [2.75, 3.05) is 7.11 Å². The van der Waals surface area contributed by atoms with Gasteiger partial charge in [0.25, 0.3) is 10.0 Å². The van der Waals surface area contributed by atoms with Gasteiger partial charge < -0.3 is 9.15 Å². The van der Waals surface area contributed by atoms with Crippen molar-refractivity contribution in [1.82, 2.24) is 0 Å². The number of furan rings is 1. The molecule has 0 bridgehead atoms. The van der Waals surface area contributed by atoms with E-state index in [9.17, 15) is 13.2 Å². The van der Waals surface area contributed by atoms with Crippen LogP contribution >= 0.6 is 0 Å². The lowest BCUT2D eigenvalue weighted by molar-refractivity contribution is 0.0600. The first kappa shape index (κ1) is 11.6. The van der Waals surface area contributed by atoms with Gasteiger partial charge in [0, 0.05) is 11.5 Å². The van der Waals surface area contributed by atoms with Crippen LogP contribution in [0.3, 0.4) is 0 Å². The van der Waals surface area contributed by atoms with Crippen LogP contribution in [0.1, 0.15) is 10.4 Å². The van der Waals surface area contributed by atoms with E-state index in [0.29, 0.717) is 5.39 Å². The van der Waals surface area contributed by atoms with Crippen LogP contribution < -0.4 is 5.14 Å². The lowest BCUT2D eigenvalue weighted by Crippen LogP contribution is -2.10. The third-order valence-corrected chi connectivity index (χ3v) is 2.96. The molecular weight excluding hydrogens is 246 g/mol. The standard InChI is InChI=1S/C10H9NO5S/c1-15-10(12)7-3-2-6-5-9(17(11,13)14)16-8(6)4-7/h2-5H,1H3,(H2,11,13,14). The Bertz CT molecular complexity index is 686. The second kappa shape index (κ2) is 3.86. The first-order valence-corrected chi connectivity index (χ1v) is 6.11. The van der Waals surface area contributed by atoms with Gasteiger partial charge in [-0.05, 0) is 12.1 Å². The number of methoxy groups -OCH3 is 1. The number of ether oxygens (including phenoxy) is 1. The number of rotatable bonds is 2. The lowest BCUT2D eigenvalue weighted by atomic mass is 10.2. The van der Waals surface area contributed by atoms with E-state index in [1.165, 1.54) is 25.3 Å². The molecule has 2 rings (SSSR count). The Balaban J connectivity index is 2.60. The number of sulfonamides is 1. The first-order chi connectivity index (χ1) is 7.91. The third kappa shape index (κ3) is 2.15. The van der Waals surface area contributed by atoms with Gasteiger partial charge in [0.05, 0.1) is 12.7 Å². The van der Waals surface area contributed by atoms with Gasteiger partial charge in [-0.2, -0.15) is 0 Å². The van der Waals surface area contributed by atoms with Crippen LogP contribution in [0.2, 0.25) is 0 Å². The van der Waals surface area contributed by atoms with E-state index in [1.807, 2.05) is 0 Å². The minimum absolute atomic E-state index is 0.261. The van der Waals surface area contributed by atoms with E-state index in [4.69, 9.17) is 9.56 Å². The Morgan fingerprint density at radius 2 is 2.06 bits per heavy atom. The smallest absolute Gasteiger partial charge is 0.337 e. The predicted molar refractivity (Wildman–Crippen MR) is 58.9 cm³/mol. The molecule has 17 heavy (non-hydrogen) atoms. The second-order valence-corrected chi connectivity index (χ2v) is 4.85. The van der Waals surface area contributed by atoms with Crippen molar-refractivity contribution in [2.45, 2.75) is 5.09 Å². The quantitative estimate of drug-likeness (QED) is 0.802. The minimum atomic E-state index is -3.89. The molecule has 0 aliphatic heterocycles. The molecule has 0 radical (unpaired) electrons. The predicted octanol–water partition coefficient (Wildman–Crippen LogP) is 0.867. The molecule has 0 spiro atoms. The highest BCUT2D eigenvalue weighted by atomic mass is 32.2. The molecule has 1 aromatic carbocycles. The topological polar surface area (TPSA) is 99.6 Å². The number of fused-ring (bicyclic) bond motifs is 1. The van der Waals surface area contributed by atoms with E-state index in [2.05, 4.69) is 4.74 Å². The number of carbonyl (C=O) groups excluding carboxylic acids is 1. The highest BCUT2D eigenvalue weighted by Gasteiger charge is 2.15. The number of nitrogens with two attached hydrogens (primary N) is 1. The molecule has 0 fully saturated rings. The van der Waals surface area contributed by atoms with Crippen molar-refractivity contribution in [3.05, 3.63) is 29.8 Å². The molecular formula is C10H9NO5S. The normalized spacial score (nSPS) is 11.6. The van der Waals surface area contributed by atoms with Crippen LogP contribution in [0.5, 0.6) is 0 Å². The van der Waals surface area contributed by atoms with Gasteiger partial charge in [0.2, 0.25) is 5.09 Å². The SMILES string of the molecule is COC(=O)c1ccc2cc(S(N)(=O)=O)oc2c1. The average molecular weight is 255 g/mol. The van der Waals surface area contributed by atoms with Crippen molar-refractivity contribution in [3.63, 3.8) is 0 Å². The largest absolute Gasteiger partial charge is 0.465 e. The molecule has 90 valence electrons. The summed E-state index contributed by atoms with van der Waals surface area (Å²) in [6.07, 6.45) is 0. The summed E-state index contributed by atoms with van der Waals surface area (Å²) in [4.78, 5) is 11.3. The van der Waals surface area contributed by atoms with Gasteiger partial charge in [-0.15, -0.1) is 0 Å². The summed E-state index contributed by atoms with van der Waals surface area (Å²) in [5.41, 5.74) is 0.534. The molecule has 7 heteroatoms. The molecule has 0 unspecified atom stereocenters. The molecule has 0 aliphatic carbocycles. The maximum Gasteiger partial charge on any atom is 0.337 e. The van der Waals surface area contributed by atoms with E-state index >= 15 is 0 Å². The maximum atomic E-state index is 11.3. The lowest BCUT2D eigenvalue weighted by Gasteiger charge is -1.97. The number of primary sulfonamides is 1. The molecule has 6 nitrogen and oxygen atoms in total. The van der Waals surface area contributed by atoms with Crippen molar-refractivity contribution >= 4 is 27.0 Å². The first-order valence-electron chi connectivity index (χ1n) is 4.56. The van der Waals surface area contributed by atoms with Crippen molar-refractivity contribution in [1.29, 1.82) is 0 Å². The fraction of sp³-hybridized carbons (Fsp3) is 0.100. The van der Waals surface area contributed by atoms with Crippen LogP contribution in [0, 0.1) is 0 Å². The van der Waals surface area contributed by atoms with Gasteiger partial charge in [-0.3, -0.25) is 0 Å². The van der Waals surface area contributed by atoms with Gasteiger partial charge in [0.1, 0.15) is 5.58 Å². The fourth-order valence-corrected chi connectivity index (χ4v) is 1.89. The van der Waals surface area contributed by atoms with E-state index in [1.54, 1.807) is 6.07 Å². The van der Waals surface area contributed by atoms with Crippen LogP contribution in [-0.2, 0) is 14.8 Å². The number of carbonyl (C=O) groups is 1.